The molecule has 3 rings (SSSR count). The smallest absolute Gasteiger partial charge is 0.226 e. The SMILES string of the molecule is Cc1ccc(C2(O)CCN(C(=O)Cc3ccc(O)c(Cl)c3)CC2)nc1. The Bertz CT molecular complexity index is 769. The number of nitrogens with zero attached hydrogens (tertiary/aromatic N) is 2. The van der Waals surface area contributed by atoms with E-state index in [2.05, 4.69) is 4.98 Å². The van der Waals surface area contributed by atoms with Gasteiger partial charge in [0.2, 0.25) is 5.91 Å². The second-order valence-electron chi connectivity index (χ2n) is 6.60. The minimum atomic E-state index is -0.980. The van der Waals surface area contributed by atoms with E-state index >= 15 is 0 Å². The number of aromatic hydroxyl groups is 1. The van der Waals surface area contributed by atoms with Gasteiger partial charge < -0.3 is 15.1 Å². The maximum absolute atomic E-state index is 12.5. The maximum Gasteiger partial charge on any atom is 0.226 e. The fourth-order valence-corrected chi connectivity index (χ4v) is 3.28. The van der Waals surface area contributed by atoms with Crippen molar-refractivity contribution in [1.82, 2.24) is 9.88 Å². The summed E-state index contributed by atoms with van der Waals surface area (Å²) in [6.07, 6.45) is 2.90. The van der Waals surface area contributed by atoms with Crippen LogP contribution in [0.15, 0.2) is 36.5 Å². The van der Waals surface area contributed by atoms with E-state index in [1.165, 1.54) is 6.07 Å². The standard InChI is InChI=1S/C19H21ClN2O3/c1-13-2-5-17(21-12-13)19(25)6-8-22(9-7-19)18(24)11-14-3-4-16(23)15(20)10-14/h2-5,10,12,23,25H,6-9,11H2,1H3. The fourth-order valence-electron chi connectivity index (χ4n) is 3.07. The number of likely N-dealkylation sites (tertiary alicyclic amines) is 1. The van der Waals surface area contributed by atoms with Gasteiger partial charge in [0.1, 0.15) is 11.4 Å². The number of hydrogen-bond acceptors (Lipinski definition) is 4. The van der Waals surface area contributed by atoms with Crippen LogP contribution in [0, 0.1) is 6.92 Å². The monoisotopic (exact) mass is 360 g/mol. The summed E-state index contributed by atoms with van der Waals surface area (Å²) in [5, 5.41) is 20.5. The Labute approximate surface area is 151 Å². The number of hydrogen-bond donors (Lipinski definition) is 2. The van der Waals surface area contributed by atoms with Gasteiger partial charge in [-0.3, -0.25) is 9.78 Å². The highest BCUT2D eigenvalue weighted by molar-refractivity contribution is 6.32. The molecule has 2 aromatic rings. The number of aliphatic hydroxyl groups is 1. The van der Waals surface area contributed by atoms with Crippen LogP contribution in [0.1, 0.15) is 29.7 Å². The van der Waals surface area contributed by atoms with Gasteiger partial charge in [0, 0.05) is 19.3 Å². The normalized spacial score (nSPS) is 16.7. The number of rotatable bonds is 3. The molecule has 6 heteroatoms. The molecular weight excluding hydrogens is 340 g/mol. The van der Waals surface area contributed by atoms with Crippen LogP contribution in [-0.4, -0.2) is 39.1 Å². The largest absolute Gasteiger partial charge is 0.506 e. The lowest BCUT2D eigenvalue weighted by molar-refractivity contribution is -0.135. The number of benzene rings is 1. The van der Waals surface area contributed by atoms with Crippen LogP contribution in [0.2, 0.25) is 5.02 Å². The van der Waals surface area contributed by atoms with Gasteiger partial charge in [-0.2, -0.15) is 0 Å². The van der Waals surface area contributed by atoms with Gasteiger partial charge in [-0.1, -0.05) is 23.7 Å². The number of carbonyl (C=O) groups is 1. The Morgan fingerprint density at radius 1 is 1.28 bits per heavy atom. The third-order valence-corrected chi connectivity index (χ3v) is 5.00. The van der Waals surface area contributed by atoms with Crippen LogP contribution in [-0.2, 0) is 16.8 Å². The van der Waals surface area contributed by atoms with E-state index < -0.39 is 5.60 Å². The highest BCUT2D eigenvalue weighted by Crippen LogP contribution is 2.32. The molecule has 0 spiro atoms. The van der Waals surface area contributed by atoms with Crippen LogP contribution in [0.5, 0.6) is 5.75 Å². The van der Waals surface area contributed by atoms with Gasteiger partial charge in [-0.25, -0.2) is 0 Å². The van der Waals surface area contributed by atoms with Gasteiger partial charge >= 0.3 is 0 Å². The fraction of sp³-hybridized carbons (Fsp3) is 0.368. The first kappa shape index (κ1) is 17.7. The van der Waals surface area contributed by atoms with E-state index in [4.69, 9.17) is 11.6 Å². The summed E-state index contributed by atoms with van der Waals surface area (Å²) in [7, 11) is 0. The van der Waals surface area contributed by atoms with E-state index in [0.717, 1.165) is 11.1 Å². The van der Waals surface area contributed by atoms with Gasteiger partial charge in [0.25, 0.3) is 0 Å². The number of aryl methyl sites for hydroxylation is 1. The minimum absolute atomic E-state index is 0.00602. The molecule has 0 atom stereocenters. The van der Waals surface area contributed by atoms with Gasteiger partial charge in [-0.15, -0.1) is 0 Å². The zero-order valence-corrected chi connectivity index (χ0v) is 14.8. The van der Waals surface area contributed by atoms with Gasteiger partial charge in [0.15, 0.2) is 0 Å². The molecule has 1 aromatic carbocycles. The molecule has 0 unspecified atom stereocenters. The molecule has 1 saturated heterocycles. The summed E-state index contributed by atoms with van der Waals surface area (Å²) in [5.74, 6) is -0.00725. The molecule has 0 radical (unpaired) electrons. The molecule has 1 amide bonds. The lowest BCUT2D eigenvalue weighted by Gasteiger charge is -2.38. The predicted octanol–water partition coefficient (Wildman–Crippen LogP) is 2.80. The lowest BCUT2D eigenvalue weighted by Crippen LogP contribution is -2.46. The first-order valence-corrected chi connectivity index (χ1v) is 8.66. The molecule has 2 heterocycles. The second kappa shape index (κ2) is 7.02. The van der Waals surface area contributed by atoms with Crippen molar-refractivity contribution >= 4 is 17.5 Å². The molecule has 0 bridgehead atoms. The summed E-state index contributed by atoms with van der Waals surface area (Å²) < 4.78 is 0. The highest BCUT2D eigenvalue weighted by atomic mass is 35.5. The van der Waals surface area contributed by atoms with Crippen molar-refractivity contribution in [3.63, 3.8) is 0 Å². The molecule has 132 valence electrons. The Balaban J connectivity index is 1.62. The van der Waals surface area contributed by atoms with E-state index in [-0.39, 0.29) is 23.1 Å². The number of phenolic OH excluding ortho intramolecular Hbond substituents is 1. The van der Waals surface area contributed by atoms with Gasteiger partial charge in [-0.05, 0) is 49.1 Å². The first-order valence-electron chi connectivity index (χ1n) is 8.28. The van der Waals surface area contributed by atoms with Crippen molar-refractivity contribution < 1.29 is 15.0 Å². The molecular formula is C19H21ClN2O3. The molecule has 2 N–H and O–H groups in total. The van der Waals surface area contributed by atoms with E-state index in [1.54, 1.807) is 23.2 Å². The molecule has 1 aromatic heterocycles. The summed E-state index contributed by atoms with van der Waals surface area (Å²) in [5.41, 5.74) is 1.49. The Hall–Kier alpha value is -2.11. The second-order valence-corrected chi connectivity index (χ2v) is 7.00. The molecule has 0 aliphatic carbocycles. The van der Waals surface area contributed by atoms with Crippen LogP contribution in [0.3, 0.4) is 0 Å². The molecule has 25 heavy (non-hydrogen) atoms. The first-order chi connectivity index (χ1) is 11.9. The van der Waals surface area contributed by atoms with Crippen molar-refractivity contribution in [2.24, 2.45) is 0 Å². The summed E-state index contributed by atoms with van der Waals surface area (Å²) in [4.78, 5) is 18.6. The Morgan fingerprint density at radius 2 is 2.00 bits per heavy atom. The Morgan fingerprint density at radius 3 is 2.60 bits per heavy atom. The molecule has 1 aliphatic heterocycles. The minimum Gasteiger partial charge on any atom is -0.506 e. The van der Waals surface area contributed by atoms with E-state index in [1.807, 2.05) is 19.1 Å². The van der Waals surface area contributed by atoms with Crippen molar-refractivity contribution in [1.29, 1.82) is 0 Å². The number of aromatic nitrogens is 1. The van der Waals surface area contributed by atoms with Crippen molar-refractivity contribution in [3.05, 3.63) is 58.4 Å². The number of carbonyl (C=O) groups excluding carboxylic acids is 1. The molecule has 1 fully saturated rings. The molecule has 1 aliphatic rings. The molecule has 5 nitrogen and oxygen atoms in total. The van der Waals surface area contributed by atoms with E-state index in [0.29, 0.717) is 31.6 Å². The van der Waals surface area contributed by atoms with E-state index in [9.17, 15) is 15.0 Å². The summed E-state index contributed by atoms with van der Waals surface area (Å²) >= 11 is 5.88. The van der Waals surface area contributed by atoms with Crippen molar-refractivity contribution in [2.45, 2.75) is 31.8 Å². The number of pyridine rings is 1. The number of halogens is 1. The van der Waals surface area contributed by atoms with Crippen molar-refractivity contribution in [2.75, 3.05) is 13.1 Å². The van der Waals surface area contributed by atoms with Crippen LogP contribution in [0.25, 0.3) is 0 Å². The summed E-state index contributed by atoms with van der Waals surface area (Å²) in [6.45, 7) is 2.92. The average Bonchev–Trinajstić information content (AvgIpc) is 2.59. The third kappa shape index (κ3) is 3.94. The average molecular weight is 361 g/mol. The Kier molecular flexibility index (Phi) is 4.97. The van der Waals surface area contributed by atoms with Crippen LogP contribution in [0.4, 0.5) is 0 Å². The van der Waals surface area contributed by atoms with Crippen LogP contribution >= 0.6 is 11.6 Å². The third-order valence-electron chi connectivity index (χ3n) is 4.70. The van der Waals surface area contributed by atoms with Crippen LogP contribution < -0.4 is 0 Å². The molecule has 0 saturated carbocycles. The number of phenols is 1. The van der Waals surface area contributed by atoms with Crippen molar-refractivity contribution in [3.8, 4) is 5.75 Å². The summed E-state index contributed by atoms with van der Waals surface area (Å²) in [6, 6.07) is 8.57. The maximum atomic E-state index is 12.5. The lowest BCUT2D eigenvalue weighted by atomic mass is 9.87. The zero-order chi connectivity index (χ0) is 18.0. The van der Waals surface area contributed by atoms with Gasteiger partial charge in [0.05, 0.1) is 17.1 Å². The predicted molar refractivity (Wildman–Crippen MR) is 95.5 cm³/mol. The number of amides is 1. The number of piperidine rings is 1. The zero-order valence-electron chi connectivity index (χ0n) is 14.1. The quantitative estimate of drug-likeness (QED) is 0.882. The highest BCUT2D eigenvalue weighted by Gasteiger charge is 2.36. The topological polar surface area (TPSA) is 73.7 Å².